The summed E-state index contributed by atoms with van der Waals surface area (Å²) < 4.78 is 15.9. The monoisotopic (exact) mass is 358 g/mol. The third-order valence-corrected chi connectivity index (χ3v) is 3.18. The van der Waals surface area contributed by atoms with Crippen LogP contribution in [0.4, 0.5) is 5.82 Å². The summed E-state index contributed by atoms with van der Waals surface area (Å²) in [5.41, 5.74) is 0. The topological polar surface area (TPSA) is 78.0 Å². The van der Waals surface area contributed by atoms with Gasteiger partial charge in [0.2, 0.25) is 0 Å². The largest absolute Gasteiger partial charge is 0.480 e. The Kier molecular flexibility index (Phi) is 5.13. The van der Waals surface area contributed by atoms with Crippen molar-refractivity contribution in [1.29, 1.82) is 0 Å². The van der Waals surface area contributed by atoms with Crippen LogP contribution in [0, 0.1) is 0 Å². The third-order valence-electron chi connectivity index (χ3n) is 2.73. The van der Waals surface area contributed by atoms with E-state index >= 15 is 0 Å². The van der Waals surface area contributed by atoms with E-state index in [4.69, 9.17) is 14.2 Å². The van der Waals surface area contributed by atoms with Crippen molar-refractivity contribution in [3.63, 3.8) is 0 Å². The van der Waals surface area contributed by atoms with Gasteiger partial charge in [0.05, 0.1) is 6.61 Å². The SMILES string of the molecule is COCC(C)OC(=O)CN1C(=O)COc2ccc(Br)nc21. The Morgan fingerprint density at radius 1 is 1.57 bits per heavy atom. The zero-order valence-corrected chi connectivity index (χ0v) is 13.3. The predicted octanol–water partition coefficient (Wildman–Crippen LogP) is 1.15. The second kappa shape index (κ2) is 6.86. The van der Waals surface area contributed by atoms with Crippen molar-refractivity contribution >= 4 is 33.6 Å². The second-order valence-corrected chi connectivity index (χ2v) is 5.29. The lowest BCUT2D eigenvalue weighted by Gasteiger charge is -2.27. The maximum Gasteiger partial charge on any atom is 0.326 e. The average molecular weight is 359 g/mol. The van der Waals surface area contributed by atoms with Gasteiger partial charge in [0.1, 0.15) is 17.3 Å². The summed E-state index contributed by atoms with van der Waals surface area (Å²) in [6.45, 7) is 1.67. The molecule has 1 aromatic heterocycles. The lowest BCUT2D eigenvalue weighted by molar-refractivity contribution is -0.149. The lowest BCUT2D eigenvalue weighted by atomic mass is 10.3. The molecule has 0 saturated carbocycles. The van der Waals surface area contributed by atoms with Crippen LogP contribution in [0.25, 0.3) is 0 Å². The van der Waals surface area contributed by atoms with Crippen molar-refractivity contribution in [1.82, 2.24) is 4.98 Å². The molecule has 1 aromatic rings. The van der Waals surface area contributed by atoms with Crippen molar-refractivity contribution in [2.24, 2.45) is 0 Å². The van der Waals surface area contributed by atoms with Crippen molar-refractivity contribution in [2.75, 3.05) is 31.8 Å². The number of carbonyl (C=O) groups excluding carboxylic acids is 2. The van der Waals surface area contributed by atoms with Gasteiger partial charge in [-0.05, 0) is 35.0 Å². The Morgan fingerprint density at radius 3 is 3.05 bits per heavy atom. The van der Waals surface area contributed by atoms with Gasteiger partial charge in [-0.25, -0.2) is 4.98 Å². The number of rotatable bonds is 5. The maximum absolute atomic E-state index is 11.9. The Hall–Kier alpha value is -1.67. The normalized spacial score (nSPS) is 15.2. The number of halogens is 1. The van der Waals surface area contributed by atoms with Crippen molar-refractivity contribution in [2.45, 2.75) is 13.0 Å². The molecule has 1 atom stereocenters. The van der Waals surface area contributed by atoms with Crippen molar-refractivity contribution in [3.05, 3.63) is 16.7 Å². The Bertz CT molecular complexity index is 551. The average Bonchev–Trinajstić information content (AvgIpc) is 2.42. The number of methoxy groups -OCH3 is 1. The number of ether oxygens (including phenoxy) is 3. The molecule has 0 radical (unpaired) electrons. The van der Waals surface area contributed by atoms with Gasteiger partial charge in [-0.3, -0.25) is 14.5 Å². The van der Waals surface area contributed by atoms with Gasteiger partial charge < -0.3 is 14.2 Å². The molecule has 0 spiro atoms. The number of nitrogens with zero attached hydrogens (tertiary/aromatic N) is 2. The fourth-order valence-electron chi connectivity index (χ4n) is 1.88. The first-order chi connectivity index (χ1) is 10.0. The molecule has 1 unspecified atom stereocenters. The Balaban J connectivity index is 2.11. The van der Waals surface area contributed by atoms with Crippen LogP contribution in [0.5, 0.6) is 5.75 Å². The van der Waals surface area contributed by atoms with Crippen LogP contribution in [0.1, 0.15) is 6.92 Å². The minimum Gasteiger partial charge on any atom is -0.480 e. The lowest BCUT2D eigenvalue weighted by Crippen LogP contribution is -2.43. The first-order valence-electron chi connectivity index (χ1n) is 6.29. The van der Waals surface area contributed by atoms with Crippen LogP contribution in [0.2, 0.25) is 0 Å². The standard InChI is InChI=1S/C13H15BrN2O5/c1-8(6-19-2)21-12(18)5-16-11(17)7-20-9-3-4-10(14)15-13(9)16/h3-4,8H,5-7H2,1-2H3. The number of pyridine rings is 1. The first-order valence-corrected chi connectivity index (χ1v) is 7.08. The number of carbonyl (C=O) groups is 2. The summed E-state index contributed by atoms with van der Waals surface area (Å²) in [7, 11) is 1.52. The Morgan fingerprint density at radius 2 is 2.33 bits per heavy atom. The van der Waals surface area contributed by atoms with E-state index in [0.29, 0.717) is 22.8 Å². The molecule has 0 bridgehead atoms. The van der Waals surface area contributed by atoms with Crippen LogP contribution in [-0.2, 0) is 19.1 Å². The molecule has 7 nitrogen and oxygen atoms in total. The molecular formula is C13H15BrN2O5. The summed E-state index contributed by atoms with van der Waals surface area (Å²) in [4.78, 5) is 29.2. The quantitative estimate of drug-likeness (QED) is 0.580. The zero-order chi connectivity index (χ0) is 15.4. The van der Waals surface area contributed by atoms with Crippen LogP contribution in [0.3, 0.4) is 0 Å². The van der Waals surface area contributed by atoms with Gasteiger partial charge >= 0.3 is 5.97 Å². The molecule has 21 heavy (non-hydrogen) atoms. The number of anilines is 1. The molecule has 114 valence electrons. The molecule has 1 aliphatic rings. The number of amides is 1. The molecule has 2 rings (SSSR count). The van der Waals surface area contributed by atoms with E-state index in [9.17, 15) is 9.59 Å². The highest BCUT2D eigenvalue weighted by molar-refractivity contribution is 9.10. The highest BCUT2D eigenvalue weighted by Gasteiger charge is 2.29. The molecule has 0 aliphatic carbocycles. The maximum atomic E-state index is 11.9. The summed E-state index contributed by atoms with van der Waals surface area (Å²) in [5, 5.41) is 0. The molecule has 8 heteroatoms. The molecule has 0 saturated heterocycles. The van der Waals surface area contributed by atoms with E-state index in [1.165, 1.54) is 12.0 Å². The summed E-state index contributed by atoms with van der Waals surface area (Å²) in [6, 6.07) is 3.39. The Labute approximate surface area is 130 Å². The number of hydrogen-bond donors (Lipinski definition) is 0. The molecule has 0 fully saturated rings. The summed E-state index contributed by atoms with van der Waals surface area (Å²) >= 11 is 3.23. The van der Waals surface area contributed by atoms with Gasteiger partial charge in [-0.1, -0.05) is 0 Å². The van der Waals surface area contributed by atoms with E-state index < -0.39 is 5.97 Å². The van der Waals surface area contributed by atoms with E-state index in [-0.39, 0.29) is 25.2 Å². The summed E-state index contributed by atoms with van der Waals surface area (Å²) in [6.07, 6.45) is -0.381. The van der Waals surface area contributed by atoms with Gasteiger partial charge in [0.25, 0.3) is 5.91 Å². The van der Waals surface area contributed by atoms with Gasteiger partial charge in [-0.15, -0.1) is 0 Å². The first kappa shape index (κ1) is 15.7. The van der Waals surface area contributed by atoms with E-state index in [1.54, 1.807) is 19.1 Å². The van der Waals surface area contributed by atoms with Gasteiger partial charge in [0.15, 0.2) is 18.2 Å². The van der Waals surface area contributed by atoms with Crippen LogP contribution in [-0.4, -0.2) is 49.8 Å². The number of esters is 1. The fraction of sp³-hybridized carbons (Fsp3) is 0.462. The number of hydrogen-bond acceptors (Lipinski definition) is 6. The smallest absolute Gasteiger partial charge is 0.326 e. The molecule has 1 aliphatic heterocycles. The molecular weight excluding hydrogens is 344 g/mol. The molecule has 2 heterocycles. The third kappa shape index (κ3) is 3.92. The van der Waals surface area contributed by atoms with Crippen molar-refractivity contribution in [3.8, 4) is 5.75 Å². The molecule has 1 amide bonds. The number of aromatic nitrogens is 1. The summed E-state index contributed by atoms with van der Waals surface area (Å²) in [5.74, 6) is -0.112. The van der Waals surface area contributed by atoms with Gasteiger partial charge in [0, 0.05) is 7.11 Å². The second-order valence-electron chi connectivity index (χ2n) is 4.48. The van der Waals surface area contributed by atoms with Gasteiger partial charge in [-0.2, -0.15) is 0 Å². The highest BCUT2D eigenvalue weighted by Crippen LogP contribution is 2.31. The molecule has 0 N–H and O–H groups in total. The van der Waals surface area contributed by atoms with E-state index in [0.717, 1.165) is 0 Å². The predicted molar refractivity (Wildman–Crippen MR) is 77.2 cm³/mol. The van der Waals surface area contributed by atoms with E-state index in [1.807, 2.05) is 0 Å². The zero-order valence-electron chi connectivity index (χ0n) is 11.7. The minimum atomic E-state index is -0.525. The molecule has 0 aromatic carbocycles. The van der Waals surface area contributed by atoms with Crippen LogP contribution < -0.4 is 9.64 Å². The van der Waals surface area contributed by atoms with Crippen LogP contribution in [0.15, 0.2) is 16.7 Å². The van der Waals surface area contributed by atoms with E-state index in [2.05, 4.69) is 20.9 Å². The minimum absolute atomic E-state index is 0.128. The fourth-order valence-corrected chi connectivity index (χ4v) is 2.18. The highest BCUT2D eigenvalue weighted by atomic mass is 79.9. The van der Waals surface area contributed by atoms with Crippen LogP contribution >= 0.6 is 15.9 Å². The van der Waals surface area contributed by atoms with Crippen molar-refractivity contribution < 1.29 is 23.8 Å². The number of fused-ring (bicyclic) bond motifs is 1.